The number of aryl methyl sites for hydroxylation is 1. The molecule has 0 aliphatic rings. The van der Waals surface area contributed by atoms with Crippen molar-refractivity contribution in [1.29, 1.82) is 0 Å². The first-order valence-corrected chi connectivity index (χ1v) is 5.94. The number of hydrogen-bond donors (Lipinski definition) is 1. The summed E-state index contributed by atoms with van der Waals surface area (Å²) in [5.74, 6) is 0.448. The van der Waals surface area contributed by atoms with Crippen LogP contribution in [0.5, 0.6) is 0 Å². The van der Waals surface area contributed by atoms with Gasteiger partial charge in [-0.2, -0.15) is 5.10 Å². The Morgan fingerprint density at radius 3 is 2.69 bits per heavy atom. The molecule has 1 heterocycles. The van der Waals surface area contributed by atoms with Crippen molar-refractivity contribution in [1.82, 2.24) is 14.7 Å². The van der Waals surface area contributed by atoms with Crippen molar-refractivity contribution in [3.8, 4) is 0 Å². The van der Waals surface area contributed by atoms with Gasteiger partial charge in [-0.05, 0) is 12.5 Å². The Morgan fingerprint density at radius 1 is 1.50 bits per heavy atom. The Bertz CT molecular complexity index is 320. The van der Waals surface area contributed by atoms with E-state index in [-0.39, 0.29) is 6.61 Å². The first-order valence-electron chi connectivity index (χ1n) is 5.94. The maximum atomic E-state index is 8.97. The Balaban J connectivity index is 2.78. The van der Waals surface area contributed by atoms with Crippen LogP contribution in [0.1, 0.15) is 37.9 Å². The average Bonchev–Trinajstić information content (AvgIpc) is 2.59. The minimum Gasteiger partial charge on any atom is -0.395 e. The molecule has 1 rings (SSSR count). The van der Waals surface area contributed by atoms with Crippen molar-refractivity contribution in [2.45, 2.75) is 33.2 Å². The van der Waals surface area contributed by atoms with Crippen LogP contribution in [0.4, 0.5) is 0 Å². The summed E-state index contributed by atoms with van der Waals surface area (Å²) in [6.07, 6.45) is 2.08. The second kappa shape index (κ2) is 6.01. The van der Waals surface area contributed by atoms with Gasteiger partial charge in [0, 0.05) is 31.9 Å². The largest absolute Gasteiger partial charge is 0.395 e. The van der Waals surface area contributed by atoms with E-state index >= 15 is 0 Å². The molecule has 0 aliphatic carbocycles. The lowest BCUT2D eigenvalue weighted by atomic mass is 10.1. The van der Waals surface area contributed by atoms with Gasteiger partial charge in [0.2, 0.25) is 0 Å². The van der Waals surface area contributed by atoms with Gasteiger partial charge in [-0.15, -0.1) is 0 Å². The van der Waals surface area contributed by atoms with Crippen LogP contribution in [-0.2, 0) is 13.6 Å². The van der Waals surface area contributed by atoms with E-state index in [0.29, 0.717) is 5.92 Å². The topological polar surface area (TPSA) is 41.3 Å². The zero-order valence-electron chi connectivity index (χ0n) is 10.8. The van der Waals surface area contributed by atoms with Gasteiger partial charge in [0.05, 0.1) is 12.3 Å². The Hall–Kier alpha value is -0.870. The summed E-state index contributed by atoms with van der Waals surface area (Å²) in [5.41, 5.74) is 2.44. The van der Waals surface area contributed by atoms with E-state index in [4.69, 9.17) is 5.11 Å². The van der Waals surface area contributed by atoms with Gasteiger partial charge in [-0.1, -0.05) is 20.8 Å². The molecule has 16 heavy (non-hydrogen) atoms. The quantitative estimate of drug-likeness (QED) is 0.794. The van der Waals surface area contributed by atoms with Crippen LogP contribution < -0.4 is 0 Å². The van der Waals surface area contributed by atoms with Gasteiger partial charge in [-0.25, -0.2) is 0 Å². The number of hydrogen-bond acceptors (Lipinski definition) is 3. The third-order valence-corrected chi connectivity index (χ3v) is 2.74. The number of nitrogens with zero attached hydrogens (tertiary/aromatic N) is 3. The minimum atomic E-state index is 0.213. The average molecular weight is 225 g/mol. The second-order valence-electron chi connectivity index (χ2n) is 4.46. The maximum Gasteiger partial charge on any atom is 0.0694 e. The zero-order chi connectivity index (χ0) is 12.1. The van der Waals surface area contributed by atoms with Crippen molar-refractivity contribution in [2.75, 3.05) is 19.7 Å². The van der Waals surface area contributed by atoms with Gasteiger partial charge in [0.1, 0.15) is 0 Å². The number of aromatic nitrogens is 2. The van der Waals surface area contributed by atoms with Gasteiger partial charge in [-0.3, -0.25) is 9.58 Å². The molecular weight excluding hydrogens is 202 g/mol. The molecule has 0 amide bonds. The first-order chi connectivity index (χ1) is 7.58. The Morgan fingerprint density at radius 2 is 2.19 bits per heavy atom. The lowest BCUT2D eigenvalue weighted by molar-refractivity contribution is 0.196. The summed E-state index contributed by atoms with van der Waals surface area (Å²) in [7, 11) is 1.96. The van der Waals surface area contributed by atoms with Crippen molar-refractivity contribution in [3.05, 3.63) is 17.5 Å². The predicted octanol–water partition coefficient (Wildman–Crippen LogP) is 1.36. The molecule has 0 bridgehead atoms. The molecule has 0 spiro atoms. The van der Waals surface area contributed by atoms with Crippen molar-refractivity contribution >= 4 is 0 Å². The summed E-state index contributed by atoms with van der Waals surface area (Å²) < 4.78 is 1.87. The molecule has 0 atom stereocenters. The Labute approximate surface area is 97.9 Å². The van der Waals surface area contributed by atoms with E-state index in [2.05, 4.69) is 37.0 Å². The normalized spacial score (nSPS) is 11.7. The SMILES string of the molecule is CCN(CCO)Cc1cn(C)nc1C(C)C. The highest BCUT2D eigenvalue weighted by Crippen LogP contribution is 2.18. The van der Waals surface area contributed by atoms with Crippen LogP contribution in [-0.4, -0.2) is 39.5 Å². The standard InChI is InChI=1S/C12H23N3O/c1-5-15(6-7-16)9-11-8-14(4)13-12(11)10(2)3/h8,10,16H,5-7,9H2,1-4H3. The third kappa shape index (κ3) is 3.32. The summed E-state index contributed by atoms with van der Waals surface area (Å²) in [4.78, 5) is 2.23. The Kier molecular flexibility index (Phi) is 4.96. The van der Waals surface area contributed by atoms with Crippen LogP contribution >= 0.6 is 0 Å². The van der Waals surface area contributed by atoms with E-state index in [1.807, 2.05) is 11.7 Å². The molecule has 0 saturated carbocycles. The van der Waals surface area contributed by atoms with Crippen LogP contribution in [0.25, 0.3) is 0 Å². The van der Waals surface area contributed by atoms with E-state index in [0.717, 1.165) is 19.6 Å². The van der Waals surface area contributed by atoms with Crippen LogP contribution in [0, 0.1) is 0 Å². The fraction of sp³-hybridized carbons (Fsp3) is 0.750. The molecule has 0 fully saturated rings. The molecule has 0 aliphatic heterocycles. The fourth-order valence-corrected chi connectivity index (χ4v) is 1.89. The number of rotatable bonds is 6. The van der Waals surface area contributed by atoms with Crippen molar-refractivity contribution in [3.63, 3.8) is 0 Å². The van der Waals surface area contributed by atoms with Gasteiger partial charge in [0.25, 0.3) is 0 Å². The monoisotopic (exact) mass is 225 g/mol. The number of likely N-dealkylation sites (N-methyl/N-ethyl adjacent to an activating group) is 1. The zero-order valence-corrected chi connectivity index (χ0v) is 10.8. The lowest BCUT2D eigenvalue weighted by Gasteiger charge is -2.19. The molecular formula is C12H23N3O. The maximum absolute atomic E-state index is 8.97. The number of aliphatic hydroxyl groups excluding tert-OH is 1. The smallest absolute Gasteiger partial charge is 0.0694 e. The molecule has 4 heteroatoms. The highest BCUT2D eigenvalue weighted by Gasteiger charge is 2.13. The highest BCUT2D eigenvalue weighted by atomic mass is 16.3. The minimum absolute atomic E-state index is 0.213. The van der Waals surface area contributed by atoms with E-state index < -0.39 is 0 Å². The summed E-state index contributed by atoms with van der Waals surface area (Å²) >= 11 is 0. The fourth-order valence-electron chi connectivity index (χ4n) is 1.89. The first kappa shape index (κ1) is 13.2. The molecule has 0 radical (unpaired) electrons. The molecule has 92 valence electrons. The van der Waals surface area contributed by atoms with E-state index in [9.17, 15) is 0 Å². The molecule has 1 N–H and O–H groups in total. The van der Waals surface area contributed by atoms with E-state index in [1.54, 1.807) is 0 Å². The summed E-state index contributed by atoms with van der Waals surface area (Å²) in [5, 5.41) is 13.5. The number of aliphatic hydroxyl groups is 1. The molecule has 0 saturated heterocycles. The molecule has 1 aromatic rings. The van der Waals surface area contributed by atoms with Crippen LogP contribution in [0.3, 0.4) is 0 Å². The predicted molar refractivity (Wildman–Crippen MR) is 65.3 cm³/mol. The lowest BCUT2D eigenvalue weighted by Crippen LogP contribution is -2.26. The van der Waals surface area contributed by atoms with Gasteiger partial charge in [0.15, 0.2) is 0 Å². The highest BCUT2D eigenvalue weighted by molar-refractivity contribution is 5.20. The van der Waals surface area contributed by atoms with Gasteiger partial charge < -0.3 is 5.11 Å². The molecule has 1 aromatic heterocycles. The van der Waals surface area contributed by atoms with Gasteiger partial charge >= 0.3 is 0 Å². The van der Waals surface area contributed by atoms with Crippen LogP contribution in [0.15, 0.2) is 6.20 Å². The van der Waals surface area contributed by atoms with Crippen molar-refractivity contribution < 1.29 is 5.11 Å². The molecule has 0 aromatic carbocycles. The summed E-state index contributed by atoms with van der Waals surface area (Å²) in [6.45, 7) is 9.20. The van der Waals surface area contributed by atoms with E-state index in [1.165, 1.54) is 11.3 Å². The molecule has 4 nitrogen and oxygen atoms in total. The van der Waals surface area contributed by atoms with Crippen molar-refractivity contribution in [2.24, 2.45) is 7.05 Å². The second-order valence-corrected chi connectivity index (χ2v) is 4.46. The third-order valence-electron chi connectivity index (χ3n) is 2.74. The molecule has 0 unspecified atom stereocenters. The van der Waals surface area contributed by atoms with Crippen LogP contribution in [0.2, 0.25) is 0 Å². The summed E-state index contributed by atoms with van der Waals surface area (Å²) in [6, 6.07) is 0.